The predicted molar refractivity (Wildman–Crippen MR) is 108 cm³/mol. The molecule has 0 heterocycles. The molecule has 5 heteroatoms. The first kappa shape index (κ1) is 21.1. The van der Waals surface area contributed by atoms with Crippen LogP contribution in [0.25, 0.3) is 0 Å². The van der Waals surface area contributed by atoms with Crippen LogP contribution in [0.3, 0.4) is 0 Å². The standard InChI is InChI=1S/C22H31NO4/c1-7-22(23(2)3,18-11-9-8-10-12-18)16-27-15-17-13-19(24-4)21(26-6)20(14-17)25-5/h8-14H,7,15-16H2,1-6H3/t22-/m0/s1. The molecule has 1 atom stereocenters. The molecule has 0 saturated heterocycles. The van der Waals surface area contributed by atoms with E-state index in [1.165, 1.54) is 5.56 Å². The van der Waals surface area contributed by atoms with Gasteiger partial charge in [-0.3, -0.25) is 4.90 Å². The van der Waals surface area contributed by atoms with Crippen LogP contribution in [0, 0.1) is 0 Å². The van der Waals surface area contributed by atoms with Gasteiger partial charge in [0.15, 0.2) is 11.5 Å². The van der Waals surface area contributed by atoms with Gasteiger partial charge in [0.05, 0.1) is 40.1 Å². The molecule has 0 bridgehead atoms. The molecular weight excluding hydrogens is 342 g/mol. The fraction of sp³-hybridized carbons (Fsp3) is 0.455. The lowest BCUT2D eigenvalue weighted by Gasteiger charge is -2.39. The second kappa shape index (κ2) is 9.62. The summed E-state index contributed by atoms with van der Waals surface area (Å²) in [6.45, 7) is 3.23. The molecule has 5 nitrogen and oxygen atoms in total. The summed E-state index contributed by atoms with van der Waals surface area (Å²) in [6, 6.07) is 14.3. The number of ether oxygens (including phenoxy) is 4. The van der Waals surface area contributed by atoms with Crippen LogP contribution in [-0.2, 0) is 16.9 Å². The highest BCUT2D eigenvalue weighted by Crippen LogP contribution is 2.38. The van der Waals surface area contributed by atoms with Crippen molar-refractivity contribution >= 4 is 0 Å². The molecule has 0 amide bonds. The molecule has 0 radical (unpaired) electrons. The second-order valence-electron chi connectivity index (χ2n) is 6.67. The summed E-state index contributed by atoms with van der Waals surface area (Å²) >= 11 is 0. The zero-order chi connectivity index (χ0) is 19.9. The van der Waals surface area contributed by atoms with Crippen molar-refractivity contribution in [3.8, 4) is 17.2 Å². The number of hydrogen-bond acceptors (Lipinski definition) is 5. The lowest BCUT2D eigenvalue weighted by molar-refractivity contribution is 0.00193. The van der Waals surface area contributed by atoms with Crippen molar-refractivity contribution in [2.45, 2.75) is 25.5 Å². The molecule has 0 saturated carbocycles. The van der Waals surface area contributed by atoms with E-state index in [0.717, 1.165) is 12.0 Å². The average molecular weight is 373 g/mol. The van der Waals surface area contributed by atoms with Gasteiger partial charge in [0, 0.05) is 0 Å². The largest absolute Gasteiger partial charge is 0.493 e. The van der Waals surface area contributed by atoms with Crippen molar-refractivity contribution in [1.82, 2.24) is 4.90 Å². The highest BCUT2D eigenvalue weighted by Gasteiger charge is 2.33. The molecule has 0 aromatic heterocycles. The lowest BCUT2D eigenvalue weighted by atomic mass is 9.87. The Kier molecular flexibility index (Phi) is 7.51. The molecule has 0 aliphatic heterocycles. The van der Waals surface area contributed by atoms with Gasteiger partial charge in [-0.05, 0) is 43.8 Å². The highest BCUT2D eigenvalue weighted by atomic mass is 16.5. The van der Waals surface area contributed by atoms with Gasteiger partial charge < -0.3 is 18.9 Å². The van der Waals surface area contributed by atoms with E-state index in [0.29, 0.717) is 30.5 Å². The van der Waals surface area contributed by atoms with Crippen molar-refractivity contribution in [2.75, 3.05) is 42.0 Å². The van der Waals surface area contributed by atoms with Crippen molar-refractivity contribution in [3.05, 3.63) is 53.6 Å². The molecule has 0 unspecified atom stereocenters. The normalized spacial score (nSPS) is 13.3. The molecular formula is C22H31NO4. The number of likely N-dealkylation sites (N-methyl/N-ethyl adjacent to an activating group) is 1. The van der Waals surface area contributed by atoms with Crippen molar-refractivity contribution in [2.24, 2.45) is 0 Å². The van der Waals surface area contributed by atoms with E-state index >= 15 is 0 Å². The van der Waals surface area contributed by atoms with Gasteiger partial charge in [0.2, 0.25) is 5.75 Å². The van der Waals surface area contributed by atoms with Crippen molar-refractivity contribution in [1.29, 1.82) is 0 Å². The summed E-state index contributed by atoms with van der Waals surface area (Å²) in [5.41, 5.74) is 2.05. The van der Waals surface area contributed by atoms with Crippen LogP contribution in [0.4, 0.5) is 0 Å². The Hall–Kier alpha value is -2.24. The molecule has 0 aliphatic rings. The van der Waals surface area contributed by atoms with Gasteiger partial charge >= 0.3 is 0 Å². The minimum Gasteiger partial charge on any atom is -0.493 e. The number of methoxy groups -OCH3 is 3. The summed E-state index contributed by atoms with van der Waals surface area (Å²) in [5.74, 6) is 1.85. The van der Waals surface area contributed by atoms with Crippen LogP contribution in [0.2, 0.25) is 0 Å². The first-order valence-electron chi connectivity index (χ1n) is 9.12. The van der Waals surface area contributed by atoms with E-state index in [1.807, 2.05) is 18.2 Å². The Morgan fingerprint density at radius 2 is 1.48 bits per heavy atom. The Balaban J connectivity index is 2.20. The van der Waals surface area contributed by atoms with Crippen LogP contribution >= 0.6 is 0 Å². The summed E-state index contributed by atoms with van der Waals surface area (Å²) in [6.07, 6.45) is 0.944. The van der Waals surface area contributed by atoms with Crippen LogP contribution in [0.15, 0.2) is 42.5 Å². The Bertz CT molecular complexity index is 693. The van der Waals surface area contributed by atoms with Gasteiger partial charge in [-0.2, -0.15) is 0 Å². The van der Waals surface area contributed by atoms with Crippen LogP contribution in [0.5, 0.6) is 17.2 Å². The molecule has 27 heavy (non-hydrogen) atoms. The maximum absolute atomic E-state index is 6.17. The number of hydrogen-bond donors (Lipinski definition) is 0. The first-order chi connectivity index (χ1) is 13.0. The van der Waals surface area contributed by atoms with E-state index in [4.69, 9.17) is 18.9 Å². The molecule has 0 aliphatic carbocycles. The fourth-order valence-corrected chi connectivity index (χ4v) is 3.40. The summed E-state index contributed by atoms with van der Waals surface area (Å²) < 4.78 is 22.4. The Labute approximate surface area is 162 Å². The second-order valence-corrected chi connectivity index (χ2v) is 6.67. The van der Waals surface area contributed by atoms with Crippen LogP contribution < -0.4 is 14.2 Å². The fourth-order valence-electron chi connectivity index (χ4n) is 3.40. The van der Waals surface area contributed by atoms with E-state index in [2.05, 4.69) is 50.2 Å². The van der Waals surface area contributed by atoms with Gasteiger partial charge in [-0.1, -0.05) is 37.3 Å². The zero-order valence-corrected chi connectivity index (χ0v) is 17.2. The molecule has 2 rings (SSSR count). The number of nitrogens with zero attached hydrogens (tertiary/aromatic N) is 1. The molecule has 2 aromatic carbocycles. The van der Waals surface area contributed by atoms with E-state index in [-0.39, 0.29) is 5.54 Å². The minimum absolute atomic E-state index is 0.179. The van der Waals surface area contributed by atoms with Gasteiger partial charge in [0.25, 0.3) is 0 Å². The maximum atomic E-state index is 6.17. The van der Waals surface area contributed by atoms with Crippen molar-refractivity contribution < 1.29 is 18.9 Å². The van der Waals surface area contributed by atoms with Crippen LogP contribution in [-0.4, -0.2) is 46.9 Å². The molecule has 2 aromatic rings. The quantitative estimate of drug-likeness (QED) is 0.627. The summed E-state index contributed by atoms with van der Waals surface area (Å²) in [4.78, 5) is 2.23. The minimum atomic E-state index is -0.179. The smallest absolute Gasteiger partial charge is 0.203 e. The van der Waals surface area contributed by atoms with Crippen LogP contribution in [0.1, 0.15) is 24.5 Å². The molecule has 0 N–H and O–H groups in total. The predicted octanol–water partition coefficient (Wildman–Crippen LogP) is 4.10. The third kappa shape index (κ3) is 4.54. The molecule has 0 fully saturated rings. The SMILES string of the molecule is CC[C@](COCc1cc(OC)c(OC)c(OC)c1)(c1ccccc1)N(C)C. The van der Waals surface area contributed by atoms with Gasteiger partial charge in [-0.25, -0.2) is 0 Å². The Morgan fingerprint density at radius 1 is 0.889 bits per heavy atom. The third-order valence-corrected chi connectivity index (χ3v) is 5.09. The first-order valence-corrected chi connectivity index (χ1v) is 9.12. The molecule has 0 spiro atoms. The van der Waals surface area contributed by atoms with Gasteiger partial charge in [-0.15, -0.1) is 0 Å². The maximum Gasteiger partial charge on any atom is 0.203 e. The monoisotopic (exact) mass is 373 g/mol. The van der Waals surface area contributed by atoms with Crippen molar-refractivity contribution in [3.63, 3.8) is 0 Å². The number of rotatable bonds is 10. The summed E-state index contributed by atoms with van der Waals surface area (Å²) in [5, 5.41) is 0. The topological polar surface area (TPSA) is 40.2 Å². The third-order valence-electron chi connectivity index (χ3n) is 5.09. The lowest BCUT2D eigenvalue weighted by Crippen LogP contribution is -2.45. The number of benzene rings is 2. The Morgan fingerprint density at radius 3 is 1.93 bits per heavy atom. The highest BCUT2D eigenvalue weighted by molar-refractivity contribution is 5.53. The van der Waals surface area contributed by atoms with Gasteiger partial charge in [0.1, 0.15) is 0 Å². The average Bonchev–Trinajstić information content (AvgIpc) is 2.70. The van der Waals surface area contributed by atoms with E-state index in [1.54, 1.807) is 21.3 Å². The zero-order valence-electron chi connectivity index (χ0n) is 17.2. The molecule has 148 valence electrons. The van der Waals surface area contributed by atoms with E-state index < -0.39 is 0 Å². The summed E-state index contributed by atoms with van der Waals surface area (Å²) in [7, 11) is 9.03. The van der Waals surface area contributed by atoms with E-state index in [9.17, 15) is 0 Å².